The largest absolute Gasteiger partial charge is 0.329 e. The number of piperazine rings is 1. The van der Waals surface area contributed by atoms with Gasteiger partial charge in [-0.15, -0.1) is 0 Å². The predicted molar refractivity (Wildman–Crippen MR) is 72.8 cm³/mol. The van der Waals surface area contributed by atoms with Crippen LogP contribution in [0.25, 0.3) is 0 Å². The minimum atomic E-state index is -3.13. The highest BCUT2D eigenvalue weighted by atomic mass is 32.2. The molecule has 0 aromatic rings. The van der Waals surface area contributed by atoms with Gasteiger partial charge in [0.25, 0.3) is 0 Å². The zero-order valence-electron chi connectivity index (χ0n) is 11.0. The Hall–Kier alpha value is -0.170. The first-order valence-corrected chi connectivity index (χ1v) is 8.64. The van der Waals surface area contributed by atoms with Gasteiger partial charge in [-0.2, -0.15) is 4.31 Å². The molecule has 1 saturated heterocycles. The monoisotopic (exact) mass is 275 g/mol. The summed E-state index contributed by atoms with van der Waals surface area (Å²) < 4.78 is 26.6. The lowest BCUT2D eigenvalue weighted by atomic mass is 9.91. The number of nitrogens with one attached hydrogen (secondary N) is 1. The van der Waals surface area contributed by atoms with Gasteiger partial charge in [-0.1, -0.05) is 19.3 Å². The van der Waals surface area contributed by atoms with Crippen LogP contribution in [0, 0.1) is 5.92 Å². The van der Waals surface area contributed by atoms with Gasteiger partial charge in [0.05, 0.1) is 5.75 Å². The van der Waals surface area contributed by atoms with E-state index in [2.05, 4.69) is 5.32 Å². The molecule has 1 saturated carbocycles. The first-order valence-electron chi connectivity index (χ1n) is 7.04. The molecule has 0 aromatic carbocycles. The zero-order valence-corrected chi connectivity index (χ0v) is 11.8. The maximum Gasteiger partial charge on any atom is 0.214 e. The van der Waals surface area contributed by atoms with Gasteiger partial charge in [-0.3, -0.25) is 0 Å². The summed E-state index contributed by atoms with van der Waals surface area (Å²) in [7, 11) is -3.13. The van der Waals surface area contributed by atoms with Crippen LogP contribution in [-0.2, 0) is 10.0 Å². The lowest BCUT2D eigenvalue weighted by molar-refractivity contribution is 0.268. The molecule has 1 heterocycles. The Bertz CT molecular complexity index is 352. The van der Waals surface area contributed by atoms with E-state index < -0.39 is 10.0 Å². The molecule has 0 amide bonds. The summed E-state index contributed by atoms with van der Waals surface area (Å²) in [4.78, 5) is 0. The van der Waals surface area contributed by atoms with Gasteiger partial charge in [0.15, 0.2) is 0 Å². The maximum atomic E-state index is 12.5. The van der Waals surface area contributed by atoms with E-state index in [0.29, 0.717) is 31.3 Å². The van der Waals surface area contributed by atoms with Crippen molar-refractivity contribution in [2.75, 3.05) is 31.9 Å². The summed E-state index contributed by atoms with van der Waals surface area (Å²) in [5.41, 5.74) is 5.68. The standard InChI is InChI=1S/C12H25N3O2S/c13-8-12-9-14-6-7-15(12)18(16,17)10-11-4-2-1-3-5-11/h11-12,14H,1-10,13H2. The van der Waals surface area contributed by atoms with Crippen LogP contribution in [-0.4, -0.2) is 50.7 Å². The predicted octanol–water partition coefficient (Wildman–Crippen LogP) is 0.129. The van der Waals surface area contributed by atoms with Crippen LogP contribution in [0.5, 0.6) is 0 Å². The van der Waals surface area contributed by atoms with Gasteiger partial charge >= 0.3 is 0 Å². The Kier molecular flexibility index (Phi) is 5.00. The van der Waals surface area contributed by atoms with Gasteiger partial charge in [0.2, 0.25) is 10.0 Å². The van der Waals surface area contributed by atoms with E-state index in [1.54, 1.807) is 4.31 Å². The molecule has 3 N–H and O–H groups in total. The average molecular weight is 275 g/mol. The molecule has 0 spiro atoms. The molecule has 0 radical (unpaired) electrons. The van der Waals surface area contributed by atoms with Crippen LogP contribution in [0.1, 0.15) is 32.1 Å². The Morgan fingerprint density at radius 3 is 2.61 bits per heavy atom. The zero-order chi connectivity index (χ0) is 13.0. The molecule has 0 aromatic heterocycles. The van der Waals surface area contributed by atoms with E-state index in [1.165, 1.54) is 19.3 Å². The maximum absolute atomic E-state index is 12.5. The number of rotatable bonds is 4. The number of hydrogen-bond donors (Lipinski definition) is 2. The van der Waals surface area contributed by atoms with Gasteiger partial charge in [-0.25, -0.2) is 8.42 Å². The van der Waals surface area contributed by atoms with Crippen molar-refractivity contribution in [1.29, 1.82) is 0 Å². The van der Waals surface area contributed by atoms with Crippen LogP contribution < -0.4 is 11.1 Å². The molecule has 1 aliphatic carbocycles. The van der Waals surface area contributed by atoms with Crippen molar-refractivity contribution in [3.05, 3.63) is 0 Å². The van der Waals surface area contributed by atoms with E-state index in [4.69, 9.17) is 5.73 Å². The second-order valence-corrected chi connectivity index (χ2v) is 7.45. The highest BCUT2D eigenvalue weighted by Gasteiger charge is 2.33. The molecule has 1 aliphatic heterocycles. The topological polar surface area (TPSA) is 75.4 Å². The van der Waals surface area contributed by atoms with Crippen LogP contribution in [0.15, 0.2) is 0 Å². The smallest absolute Gasteiger partial charge is 0.214 e. The lowest BCUT2D eigenvalue weighted by Crippen LogP contribution is -2.57. The molecule has 18 heavy (non-hydrogen) atoms. The van der Waals surface area contributed by atoms with Crippen LogP contribution >= 0.6 is 0 Å². The summed E-state index contributed by atoms with van der Waals surface area (Å²) in [6, 6.07) is -0.0626. The van der Waals surface area contributed by atoms with Crippen LogP contribution in [0.3, 0.4) is 0 Å². The van der Waals surface area contributed by atoms with Crippen LogP contribution in [0.2, 0.25) is 0 Å². The quantitative estimate of drug-likeness (QED) is 0.765. The molecular formula is C12H25N3O2S. The molecule has 5 nitrogen and oxygen atoms in total. The van der Waals surface area contributed by atoms with Crippen molar-refractivity contribution in [1.82, 2.24) is 9.62 Å². The third-order valence-corrected chi connectivity index (χ3v) is 6.18. The fourth-order valence-electron chi connectivity index (χ4n) is 3.06. The van der Waals surface area contributed by atoms with Gasteiger partial charge in [0, 0.05) is 32.2 Å². The molecule has 2 fully saturated rings. The van der Waals surface area contributed by atoms with Gasteiger partial charge < -0.3 is 11.1 Å². The first-order chi connectivity index (χ1) is 8.63. The van der Waals surface area contributed by atoms with Crippen LogP contribution in [0.4, 0.5) is 0 Å². The number of nitrogens with two attached hydrogens (primary N) is 1. The van der Waals surface area contributed by atoms with Gasteiger partial charge in [-0.05, 0) is 18.8 Å². The summed E-state index contributed by atoms with van der Waals surface area (Å²) in [6.07, 6.45) is 5.76. The third kappa shape index (κ3) is 3.44. The van der Waals surface area contributed by atoms with Crippen molar-refractivity contribution in [2.45, 2.75) is 38.1 Å². The Balaban J connectivity index is 1.99. The average Bonchev–Trinajstić information content (AvgIpc) is 2.39. The highest BCUT2D eigenvalue weighted by molar-refractivity contribution is 7.89. The van der Waals surface area contributed by atoms with Gasteiger partial charge in [0.1, 0.15) is 0 Å². The molecular weight excluding hydrogens is 250 g/mol. The minimum Gasteiger partial charge on any atom is -0.329 e. The van der Waals surface area contributed by atoms with Crippen molar-refractivity contribution in [3.8, 4) is 0 Å². The fourth-order valence-corrected chi connectivity index (χ4v) is 5.16. The van der Waals surface area contributed by atoms with Crippen molar-refractivity contribution in [2.24, 2.45) is 11.7 Å². The number of hydrogen-bond acceptors (Lipinski definition) is 4. The Labute approximate surface area is 110 Å². The van der Waals surface area contributed by atoms with Crippen molar-refractivity contribution < 1.29 is 8.42 Å². The SMILES string of the molecule is NCC1CNCCN1S(=O)(=O)CC1CCCCC1. The summed E-state index contributed by atoms with van der Waals surface area (Å²) in [6.45, 7) is 2.38. The second-order valence-electron chi connectivity index (χ2n) is 5.49. The number of nitrogens with zero attached hydrogens (tertiary/aromatic N) is 1. The molecule has 1 unspecified atom stereocenters. The Morgan fingerprint density at radius 1 is 1.22 bits per heavy atom. The van der Waals surface area contributed by atoms with E-state index in [-0.39, 0.29) is 6.04 Å². The number of sulfonamides is 1. The highest BCUT2D eigenvalue weighted by Crippen LogP contribution is 2.26. The molecule has 0 bridgehead atoms. The van der Waals surface area contributed by atoms with E-state index >= 15 is 0 Å². The molecule has 1 atom stereocenters. The van der Waals surface area contributed by atoms with Crippen molar-refractivity contribution >= 4 is 10.0 Å². The minimum absolute atomic E-state index is 0.0626. The molecule has 6 heteroatoms. The summed E-state index contributed by atoms with van der Waals surface area (Å²) in [5.74, 6) is 0.681. The fraction of sp³-hybridized carbons (Fsp3) is 1.00. The second kappa shape index (κ2) is 6.32. The van der Waals surface area contributed by atoms with E-state index in [1.807, 2.05) is 0 Å². The summed E-state index contributed by atoms with van der Waals surface area (Å²) >= 11 is 0. The normalized spacial score (nSPS) is 28.4. The molecule has 2 rings (SSSR count). The van der Waals surface area contributed by atoms with E-state index in [0.717, 1.165) is 19.4 Å². The van der Waals surface area contributed by atoms with E-state index in [9.17, 15) is 8.42 Å². The van der Waals surface area contributed by atoms with Crippen molar-refractivity contribution in [3.63, 3.8) is 0 Å². The molecule has 106 valence electrons. The lowest BCUT2D eigenvalue weighted by Gasteiger charge is -2.35. The third-order valence-electron chi connectivity index (χ3n) is 4.10. The first kappa shape index (κ1) is 14.2. The molecule has 2 aliphatic rings. The summed E-state index contributed by atoms with van der Waals surface area (Å²) in [5, 5.41) is 3.21. The Morgan fingerprint density at radius 2 is 1.94 bits per heavy atom.